The van der Waals surface area contributed by atoms with Crippen LogP contribution in [0.4, 0.5) is 34.1 Å². The van der Waals surface area contributed by atoms with Crippen LogP contribution in [0.15, 0.2) is 169 Å². The van der Waals surface area contributed by atoms with Gasteiger partial charge in [-0.25, -0.2) is 9.59 Å². The Balaban J connectivity index is 1.16. The number of rotatable bonds is 14. The number of anilines is 6. The van der Waals surface area contributed by atoms with E-state index >= 15 is 0 Å². The fourth-order valence-corrected chi connectivity index (χ4v) is 7.63. The number of carboxylic acids is 2. The van der Waals surface area contributed by atoms with Gasteiger partial charge < -0.3 is 29.5 Å². The Morgan fingerprint density at radius 2 is 0.754 bits per heavy atom. The molecule has 1 aromatic heterocycles. The van der Waals surface area contributed by atoms with Crippen LogP contribution >= 0.6 is 11.3 Å². The van der Waals surface area contributed by atoms with Crippen LogP contribution < -0.4 is 19.3 Å². The van der Waals surface area contributed by atoms with Gasteiger partial charge in [0, 0.05) is 43.9 Å². The minimum Gasteiger partial charge on any atom is -0.497 e. The minimum atomic E-state index is -1.31. The Morgan fingerprint density at radius 3 is 1.02 bits per heavy atom. The van der Waals surface area contributed by atoms with Crippen molar-refractivity contribution in [3.05, 3.63) is 180 Å². The van der Waals surface area contributed by atoms with Crippen LogP contribution in [0.5, 0.6) is 11.5 Å². The first-order valence-electron chi connectivity index (χ1n) is 18.8. The molecule has 0 saturated heterocycles. The predicted octanol–water partition coefficient (Wildman–Crippen LogP) is 12.0. The van der Waals surface area contributed by atoms with Gasteiger partial charge in [0.25, 0.3) is 0 Å². The summed E-state index contributed by atoms with van der Waals surface area (Å²) < 4.78 is 10.8. The summed E-state index contributed by atoms with van der Waals surface area (Å²) in [6.45, 7) is 0. The van der Waals surface area contributed by atoms with Crippen LogP contribution in [0.25, 0.3) is 33.0 Å². The Hall–Kier alpha value is -8.38. The van der Waals surface area contributed by atoms with E-state index in [1.165, 1.54) is 12.2 Å². The number of thiophene rings is 1. The third-order valence-electron chi connectivity index (χ3n) is 9.71. The van der Waals surface area contributed by atoms with Gasteiger partial charge in [0.05, 0.1) is 14.2 Å². The maximum atomic E-state index is 11.4. The van der Waals surface area contributed by atoms with Crippen LogP contribution in [-0.2, 0) is 9.59 Å². The lowest BCUT2D eigenvalue weighted by Gasteiger charge is -2.26. The van der Waals surface area contributed by atoms with Crippen LogP contribution in [0.3, 0.4) is 0 Å². The molecule has 10 nitrogen and oxygen atoms in total. The van der Waals surface area contributed by atoms with E-state index in [1.807, 2.05) is 89.8 Å². The van der Waals surface area contributed by atoms with Crippen LogP contribution in [0, 0.1) is 22.7 Å². The average Bonchev–Trinajstić information content (AvgIpc) is 3.80. The number of hydrogen-bond donors (Lipinski definition) is 2. The maximum absolute atomic E-state index is 11.4. The molecule has 2 N–H and O–H groups in total. The van der Waals surface area contributed by atoms with E-state index < -0.39 is 11.9 Å². The first kappa shape index (κ1) is 40.8. The fraction of sp³-hybridized carbons (Fsp3) is 0.0400. The zero-order valence-electron chi connectivity index (χ0n) is 32.9. The molecule has 298 valence electrons. The molecule has 0 aliphatic rings. The third kappa shape index (κ3) is 9.35. The number of carbonyl (C=O) groups is 2. The van der Waals surface area contributed by atoms with E-state index in [4.69, 9.17) is 9.47 Å². The second-order valence-corrected chi connectivity index (χ2v) is 14.5. The number of benzene rings is 6. The second-order valence-electron chi connectivity index (χ2n) is 13.5. The largest absolute Gasteiger partial charge is 0.497 e. The molecule has 6 aromatic carbocycles. The smallest absolute Gasteiger partial charge is 0.346 e. The summed E-state index contributed by atoms with van der Waals surface area (Å²) in [4.78, 5) is 29.2. The molecule has 0 unspecified atom stereocenters. The van der Waals surface area contributed by atoms with Crippen molar-refractivity contribution in [2.24, 2.45) is 0 Å². The minimum absolute atomic E-state index is 0.378. The Morgan fingerprint density at radius 1 is 0.475 bits per heavy atom. The highest BCUT2D eigenvalue weighted by Crippen LogP contribution is 2.41. The molecule has 0 aliphatic carbocycles. The number of nitrogens with zero attached hydrogens (tertiary/aromatic N) is 4. The first-order chi connectivity index (χ1) is 29.7. The van der Waals surface area contributed by atoms with Crippen molar-refractivity contribution in [1.29, 1.82) is 10.5 Å². The molecule has 0 atom stereocenters. The van der Waals surface area contributed by atoms with Gasteiger partial charge in [0.15, 0.2) is 0 Å². The summed E-state index contributed by atoms with van der Waals surface area (Å²) in [5.74, 6) is -1.06. The fourth-order valence-electron chi connectivity index (χ4n) is 6.61. The topological polar surface area (TPSA) is 147 Å². The predicted molar refractivity (Wildman–Crippen MR) is 240 cm³/mol. The Kier molecular flexibility index (Phi) is 12.4. The van der Waals surface area contributed by atoms with Crippen molar-refractivity contribution < 1.29 is 29.3 Å². The quantitative estimate of drug-likeness (QED) is 0.0802. The second kappa shape index (κ2) is 18.5. The van der Waals surface area contributed by atoms with Crippen molar-refractivity contribution >= 4 is 69.6 Å². The normalized spacial score (nSPS) is 11.2. The van der Waals surface area contributed by atoms with Crippen LogP contribution in [0.2, 0.25) is 0 Å². The molecule has 0 fully saturated rings. The van der Waals surface area contributed by atoms with E-state index in [2.05, 4.69) is 53.4 Å². The number of methoxy groups -OCH3 is 2. The highest BCUT2D eigenvalue weighted by atomic mass is 32.1. The third-order valence-corrected chi connectivity index (χ3v) is 10.9. The summed E-state index contributed by atoms with van der Waals surface area (Å²) in [5, 5.41) is 37.1. The van der Waals surface area contributed by atoms with Crippen molar-refractivity contribution in [2.75, 3.05) is 24.0 Å². The van der Waals surface area contributed by atoms with Crippen molar-refractivity contribution in [3.8, 4) is 44.5 Å². The van der Waals surface area contributed by atoms with E-state index in [0.717, 1.165) is 66.5 Å². The molecule has 0 bridgehead atoms. The van der Waals surface area contributed by atoms with Crippen LogP contribution in [0.1, 0.15) is 11.1 Å². The van der Waals surface area contributed by atoms with Crippen molar-refractivity contribution in [3.63, 3.8) is 0 Å². The van der Waals surface area contributed by atoms with E-state index in [1.54, 1.807) is 62.0 Å². The van der Waals surface area contributed by atoms with Gasteiger partial charge in [-0.3, -0.25) is 0 Å². The van der Waals surface area contributed by atoms with Gasteiger partial charge in [0.2, 0.25) is 0 Å². The number of aliphatic carboxylic acids is 2. The van der Waals surface area contributed by atoms with Crippen LogP contribution in [-0.4, -0.2) is 36.4 Å². The van der Waals surface area contributed by atoms with Gasteiger partial charge in [0.1, 0.15) is 34.8 Å². The first-order valence-corrected chi connectivity index (χ1v) is 19.6. The molecule has 0 amide bonds. The molecule has 0 spiro atoms. The molecule has 61 heavy (non-hydrogen) atoms. The molecule has 11 heteroatoms. The average molecular weight is 821 g/mol. The SMILES string of the molecule is COc1ccc(N(c2ccc(OC)cc2)c2ccc(-c3ccc(-c4ccc(N(c5ccc(/C=C(\C#N)C(=O)O)cc5)c5ccc(/C=C(\C#N)C(=O)O)cc5)cc4)s3)cc2)cc1. The molecule has 0 saturated carbocycles. The molecular weight excluding hydrogens is 785 g/mol. The number of carboxylic acid groups (broad SMARTS) is 2. The Bertz CT molecular complexity index is 2680. The highest BCUT2D eigenvalue weighted by molar-refractivity contribution is 7.18. The molecule has 7 rings (SSSR count). The van der Waals surface area contributed by atoms with E-state index in [9.17, 15) is 30.3 Å². The molecular formula is C50H36N4O6S. The van der Waals surface area contributed by atoms with Crippen molar-refractivity contribution in [1.82, 2.24) is 0 Å². The summed E-state index contributed by atoms with van der Waals surface area (Å²) in [6, 6.07) is 54.4. The molecule has 0 radical (unpaired) electrons. The monoisotopic (exact) mass is 820 g/mol. The van der Waals surface area contributed by atoms with Gasteiger partial charge in [-0.1, -0.05) is 48.5 Å². The number of hydrogen-bond acceptors (Lipinski definition) is 9. The maximum Gasteiger partial charge on any atom is 0.346 e. The molecule has 0 aliphatic heterocycles. The summed E-state index contributed by atoms with van der Waals surface area (Å²) in [6.07, 6.45) is 2.62. The van der Waals surface area contributed by atoms with Gasteiger partial charge in [-0.15, -0.1) is 11.3 Å². The molecule has 1 heterocycles. The molecule has 7 aromatic rings. The zero-order chi connectivity index (χ0) is 42.9. The van der Waals surface area contributed by atoms with E-state index in [0.29, 0.717) is 11.1 Å². The Labute approximate surface area is 356 Å². The number of ether oxygens (including phenoxy) is 2. The lowest BCUT2D eigenvalue weighted by molar-refractivity contribution is -0.133. The summed E-state index contributed by atoms with van der Waals surface area (Å²) >= 11 is 1.69. The van der Waals surface area contributed by atoms with Gasteiger partial charge >= 0.3 is 11.9 Å². The zero-order valence-corrected chi connectivity index (χ0v) is 33.7. The van der Waals surface area contributed by atoms with Gasteiger partial charge in [-0.05, 0) is 144 Å². The highest BCUT2D eigenvalue weighted by Gasteiger charge is 2.17. The summed E-state index contributed by atoms with van der Waals surface area (Å²) in [7, 11) is 3.30. The lowest BCUT2D eigenvalue weighted by atomic mass is 10.1. The van der Waals surface area contributed by atoms with Gasteiger partial charge in [-0.2, -0.15) is 10.5 Å². The number of nitriles is 2. The van der Waals surface area contributed by atoms with Crippen molar-refractivity contribution in [2.45, 2.75) is 0 Å². The standard InChI is InChI=1S/C50H36N4O6S/c1-59-45-23-19-43(20-24-45)54(44-21-25-46(60-2)26-22-44)42-17-9-36(10-18-42)48-28-27-47(61-48)35-7-15-41(16-8-35)53(39-11-3-33(4-12-39)29-37(31-51)49(55)56)40-13-5-34(6-14-40)30-38(32-52)50(57)58/h3-30H,1-2H3,(H,55,56)(H,57,58)/b37-29+,38-30+. The summed E-state index contributed by atoms with van der Waals surface area (Å²) in [5.41, 5.74) is 7.74. The lowest BCUT2D eigenvalue weighted by Crippen LogP contribution is -2.10. The van der Waals surface area contributed by atoms with E-state index in [-0.39, 0.29) is 11.1 Å².